The smallest absolute Gasteiger partial charge is 0.230 e. The summed E-state index contributed by atoms with van der Waals surface area (Å²) in [5.74, 6) is -0.450. The van der Waals surface area contributed by atoms with Gasteiger partial charge in [-0.1, -0.05) is 49.0 Å². The second-order valence-corrected chi connectivity index (χ2v) is 9.75. The van der Waals surface area contributed by atoms with Crippen LogP contribution in [0.2, 0.25) is 0 Å². The van der Waals surface area contributed by atoms with E-state index in [0.717, 1.165) is 17.4 Å². The summed E-state index contributed by atoms with van der Waals surface area (Å²) >= 11 is 1.14. The molecule has 158 valence electrons. The number of hydrogen-bond acceptors (Lipinski definition) is 6. The van der Waals surface area contributed by atoms with E-state index in [2.05, 4.69) is 15.5 Å². The molecular weight excluding hydrogens is 427 g/mol. The quantitative estimate of drug-likeness (QED) is 0.506. The van der Waals surface area contributed by atoms with E-state index in [9.17, 15) is 17.6 Å². The summed E-state index contributed by atoms with van der Waals surface area (Å²) in [6, 6.07) is 15.5. The minimum atomic E-state index is -3.14. The molecule has 1 amide bonds. The van der Waals surface area contributed by atoms with Gasteiger partial charge in [-0.15, -0.1) is 10.2 Å². The van der Waals surface area contributed by atoms with Crippen molar-refractivity contribution in [1.82, 2.24) is 20.1 Å². The lowest BCUT2D eigenvalue weighted by atomic mass is 10.2. The van der Waals surface area contributed by atoms with Gasteiger partial charge in [0.25, 0.3) is 0 Å². The predicted molar refractivity (Wildman–Crippen MR) is 115 cm³/mol. The first-order valence-electron chi connectivity index (χ1n) is 9.27. The summed E-state index contributed by atoms with van der Waals surface area (Å²) in [4.78, 5) is 12.1. The zero-order chi connectivity index (χ0) is 21.6. The van der Waals surface area contributed by atoms with Crippen molar-refractivity contribution in [2.45, 2.75) is 12.1 Å². The van der Waals surface area contributed by atoms with Crippen molar-refractivity contribution in [3.63, 3.8) is 0 Å². The Labute approximate surface area is 178 Å². The Morgan fingerprint density at radius 3 is 2.50 bits per heavy atom. The third-order valence-corrected chi connectivity index (χ3v) is 6.90. The number of carbonyl (C=O) groups excluding carboxylic acids is 1. The average Bonchev–Trinajstić information content (AvgIpc) is 3.17. The Hall–Kier alpha value is -2.72. The highest BCUT2D eigenvalue weighted by atomic mass is 32.2. The molecule has 0 saturated carbocycles. The number of benzene rings is 2. The molecule has 2 aromatic carbocycles. The number of halogens is 1. The lowest BCUT2D eigenvalue weighted by Gasteiger charge is -2.11. The molecule has 0 aliphatic carbocycles. The Balaban J connectivity index is 1.79. The number of amides is 1. The zero-order valence-electron chi connectivity index (χ0n) is 16.3. The van der Waals surface area contributed by atoms with Crippen molar-refractivity contribution < 1.29 is 17.6 Å². The maximum Gasteiger partial charge on any atom is 0.230 e. The van der Waals surface area contributed by atoms with Crippen LogP contribution >= 0.6 is 11.8 Å². The molecule has 1 N–H and O–H groups in total. The van der Waals surface area contributed by atoms with Gasteiger partial charge in [0.1, 0.15) is 5.82 Å². The monoisotopic (exact) mass is 448 g/mol. The van der Waals surface area contributed by atoms with Crippen LogP contribution in [0.4, 0.5) is 4.39 Å². The van der Waals surface area contributed by atoms with Crippen LogP contribution in [0.25, 0.3) is 17.1 Å². The van der Waals surface area contributed by atoms with Crippen molar-refractivity contribution in [2.24, 2.45) is 0 Å². The molecule has 0 atom stereocenters. The van der Waals surface area contributed by atoms with Gasteiger partial charge in [-0.05, 0) is 24.3 Å². The van der Waals surface area contributed by atoms with E-state index < -0.39 is 15.7 Å². The Morgan fingerprint density at radius 2 is 1.80 bits per heavy atom. The normalized spacial score (nSPS) is 11.4. The summed E-state index contributed by atoms with van der Waals surface area (Å²) in [5.41, 5.74) is 1.03. The largest absolute Gasteiger partial charge is 0.354 e. The van der Waals surface area contributed by atoms with E-state index in [0.29, 0.717) is 16.5 Å². The highest BCUT2D eigenvalue weighted by Gasteiger charge is 2.19. The number of carbonyl (C=O) groups is 1. The molecule has 1 aromatic heterocycles. The minimum Gasteiger partial charge on any atom is -0.354 e. The lowest BCUT2D eigenvalue weighted by Crippen LogP contribution is -2.30. The van der Waals surface area contributed by atoms with Gasteiger partial charge in [-0.2, -0.15) is 0 Å². The molecule has 1 heterocycles. The average molecular weight is 449 g/mol. The summed E-state index contributed by atoms with van der Waals surface area (Å²) in [7, 11) is -3.14. The highest BCUT2D eigenvalue weighted by molar-refractivity contribution is 7.99. The fraction of sp³-hybridized carbons (Fsp3) is 0.250. The molecule has 7 nitrogen and oxygen atoms in total. The second-order valence-electron chi connectivity index (χ2n) is 6.33. The van der Waals surface area contributed by atoms with Gasteiger partial charge in [0.2, 0.25) is 5.91 Å². The number of para-hydroxylation sites is 1. The van der Waals surface area contributed by atoms with Crippen LogP contribution in [0.3, 0.4) is 0 Å². The Bertz CT molecular complexity index is 1120. The first kappa shape index (κ1) is 22.0. The molecule has 0 bridgehead atoms. The molecule has 0 saturated heterocycles. The molecule has 0 fully saturated rings. The third-order valence-electron chi connectivity index (χ3n) is 4.27. The van der Waals surface area contributed by atoms with Crippen LogP contribution in [0.15, 0.2) is 59.8 Å². The van der Waals surface area contributed by atoms with E-state index in [1.165, 1.54) is 6.07 Å². The maximum atomic E-state index is 14.4. The Morgan fingerprint density at radius 1 is 1.10 bits per heavy atom. The van der Waals surface area contributed by atoms with E-state index in [-0.39, 0.29) is 29.7 Å². The molecular formula is C20H21FN4O3S2. The number of sulfone groups is 1. The van der Waals surface area contributed by atoms with Crippen LogP contribution in [-0.2, 0) is 14.6 Å². The van der Waals surface area contributed by atoms with Crippen LogP contribution in [0.5, 0.6) is 0 Å². The van der Waals surface area contributed by atoms with E-state index in [1.807, 2.05) is 30.3 Å². The van der Waals surface area contributed by atoms with Gasteiger partial charge in [0.15, 0.2) is 20.8 Å². The standard InChI is InChI=1S/C20H21FN4O3S2/c1-2-30(27,28)13-12-22-18(26)14-29-20-24-23-19(16-10-6-7-11-17(16)21)25(20)15-8-4-3-5-9-15/h3-11H,2,12-14H2,1H3,(H,22,26). The number of rotatable bonds is 9. The van der Waals surface area contributed by atoms with Gasteiger partial charge in [-0.3, -0.25) is 9.36 Å². The fourth-order valence-corrected chi connectivity index (χ4v) is 4.15. The summed E-state index contributed by atoms with van der Waals surface area (Å²) < 4.78 is 39.1. The number of aromatic nitrogens is 3. The molecule has 3 aromatic rings. The minimum absolute atomic E-state index is 0.0222. The van der Waals surface area contributed by atoms with Crippen molar-refractivity contribution in [1.29, 1.82) is 0 Å². The fourth-order valence-electron chi connectivity index (χ4n) is 2.66. The molecule has 0 radical (unpaired) electrons. The van der Waals surface area contributed by atoms with Crippen LogP contribution < -0.4 is 5.32 Å². The highest BCUT2D eigenvalue weighted by Crippen LogP contribution is 2.29. The molecule has 0 aliphatic heterocycles. The van der Waals surface area contributed by atoms with Gasteiger partial charge >= 0.3 is 0 Å². The van der Waals surface area contributed by atoms with E-state index >= 15 is 0 Å². The maximum absolute atomic E-state index is 14.4. The van der Waals surface area contributed by atoms with Crippen molar-refractivity contribution in [3.8, 4) is 17.1 Å². The Kier molecular flexibility index (Phi) is 7.22. The lowest BCUT2D eigenvalue weighted by molar-refractivity contribution is -0.118. The van der Waals surface area contributed by atoms with Gasteiger partial charge in [0.05, 0.1) is 17.1 Å². The molecule has 0 spiro atoms. The van der Waals surface area contributed by atoms with Crippen LogP contribution in [-0.4, -0.2) is 52.9 Å². The summed E-state index contributed by atoms with van der Waals surface area (Å²) in [5, 5.41) is 11.3. The topological polar surface area (TPSA) is 93.9 Å². The van der Waals surface area contributed by atoms with Gasteiger partial charge in [0, 0.05) is 18.0 Å². The van der Waals surface area contributed by atoms with Crippen LogP contribution in [0.1, 0.15) is 6.92 Å². The molecule has 30 heavy (non-hydrogen) atoms. The zero-order valence-corrected chi connectivity index (χ0v) is 17.9. The molecule has 10 heteroatoms. The van der Waals surface area contributed by atoms with Crippen molar-refractivity contribution in [3.05, 3.63) is 60.4 Å². The number of hydrogen-bond donors (Lipinski definition) is 1. The predicted octanol–water partition coefficient (Wildman–Crippen LogP) is 2.72. The van der Waals surface area contributed by atoms with E-state index in [4.69, 9.17) is 0 Å². The van der Waals surface area contributed by atoms with E-state index in [1.54, 1.807) is 29.7 Å². The number of nitrogens with one attached hydrogen (secondary N) is 1. The first-order chi connectivity index (χ1) is 14.4. The molecule has 0 unspecified atom stereocenters. The first-order valence-corrected chi connectivity index (χ1v) is 12.1. The van der Waals surface area contributed by atoms with Gasteiger partial charge in [-0.25, -0.2) is 12.8 Å². The van der Waals surface area contributed by atoms with Gasteiger partial charge < -0.3 is 5.32 Å². The van der Waals surface area contributed by atoms with Crippen molar-refractivity contribution in [2.75, 3.05) is 23.8 Å². The summed E-state index contributed by atoms with van der Waals surface area (Å²) in [6.07, 6.45) is 0. The third kappa shape index (κ3) is 5.45. The number of thioether (sulfide) groups is 1. The second kappa shape index (κ2) is 9.86. The van der Waals surface area contributed by atoms with Crippen molar-refractivity contribution >= 4 is 27.5 Å². The molecule has 3 rings (SSSR count). The molecule has 0 aliphatic rings. The number of nitrogens with zero attached hydrogens (tertiary/aromatic N) is 3. The summed E-state index contributed by atoms with van der Waals surface area (Å²) in [6.45, 7) is 1.62. The van der Waals surface area contributed by atoms with Crippen LogP contribution in [0, 0.1) is 5.82 Å². The SMILES string of the molecule is CCS(=O)(=O)CCNC(=O)CSc1nnc(-c2ccccc2F)n1-c1ccccc1.